The van der Waals surface area contributed by atoms with Gasteiger partial charge < -0.3 is 4.90 Å². The van der Waals surface area contributed by atoms with E-state index in [0.29, 0.717) is 32.3 Å². The summed E-state index contributed by atoms with van der Waals surface area (Å²) in [4.78, 5) is 30.8. The molecule has 1 aromatic heterocycles. The number of carbonyl (C=O) groups excluding carboxylic acids is 1. The lowest BCUT2D eigenvalue weighted by Crippen LogP contribution is -2.40. The molecule has 1 amide bonds. The van der Waals surface area contributed by atoms with E-state index in [1.807, 2.05) is 31.2 Å². The number of thiocarbonyl (C=S) groups is 1. The lowest BCUT2D eigenvalue weighted by Gasteiger charge is -2.35. The fourth-order valence-electron chi connectivity index (χ4n) is 4.72. The molecular formula is C26H27ClN4O2S2. The van der Waals surface area contributed by atoms with Crippen LogP contribution in [0.5, 0.6) is 0 Å². The number of thioether (sulfide) groups is 1. The predicted octanol–water partition coefficient (Wildman–Crippen LogP) is 5.34. The summed E-state index contributed by atoms with van der Waals surface area (Å²) in [6.45, 7) is 8.26. The van der Waals surface area contributed by atoms with Crippen LogP contribution in [0.15, 0.2) is 34.0 Å². The van der Waals surface area contributed by atoms with Crippen LogP contribution in [0.3, 0.4) is 0 Å². The van der Waals surface area contributed by atoms with Gasteiger partial charge in [0.25, 0.3) is 11.5 Å². The molecule has 0 aliphatic carbocycles. The zero-order valence-electron chi connectivity index (χ0n) is 20.0. The van der Waals surface area contributed by atoms with Gasteiger partial charge >= 0.3 is 0 Å². The molecule has 1 atom stereocenters. The van der Waals surface area contributed by atoms with E-state index in [9.17, 15) is 14.9 Å². The third kappa shape index (κ3) is 4.90. The molecule has 2 aliphatic heterocycles. The first-order valence-corrected chi connectivity index (χ1v) is 13.3. The van der Waals surface area contributed by atoms with Gasteiger partial charge in [-0.25, -0.2) is 0 Å². The molecule has 0 bridgehead atoms. The number of nitrogens with zero attached hydrogens (tertiary/aromatic N) is 4. The molecule has 0 N–H and O–H groups in total. The first kappa shape index (κ1) is 25.5. The topological polar surface area (TPSA) is 69.3 Å². The van der Waals surface area contributed by atoms with Crippen LogP contribution in [0, 0.1) is 24.2 Å². The second-order valence-electron chi connectivity index (χ2n) is 8.95. The molecule has 2 aromatic rings. The van der Waals surface area contributed by atoms with Crippen molar-refractivity contribution in [2.45, 2.75) is 46.7 Å². The first-order valence-electron chi connectivity index (χ1n) is 11.7. The van der Waals surface area contributed by atoms with Crippen molar-refractivity contribution < 1.29 is 4.79 Å². The Morgan fingerprint density at radius 3 is 2.71 bits per heavy atom. The second kappa shape index (κ2) is 10.6. The lowest BCUT2D eigenvalue weighted by molar-refractivity contribution is -0.122. The SMILES string of the molecule is CCn1c(N2CCCC(C)C2)c(/C=C2/SC(=S)N(Cc3ccccc3Cl)C2=O)c(C)c(C#N)c1=O. The molecule has 0 radical (unpaired) electrons. The average molecular weight is 527 g/mol. The summed E-state index contributed by atoms with van der Waals surface area (Å²) in [6, 6.07) is 9.47. The molecule has 1 aromatic carbocycles. The Morgan fingerprint density at radius 2 is 2.06 bits per heavy atom. The van der Waals surface area contributed by atoms with Crippen LogP contribution >= 0.6 is 35.6 Å². The summed E-state index contributed by atoms with van der Waals surface area (Å²) in [5, 5.41) is 10.3. The van der Waals surface area contributed by atoms with Crippen molar-refractivity contribution in [1.29, 1.82) is 5.26 Å². The maximum Gasteiger partial charge on any atom is 0.270 e. The summed E-state index contributed by atoms with van der Waals surface area (Å²) in [5.41, 5.74) is 1.96. The smallest absolute Gasteiger partial charge is 0.270 e. The van der Waals surface area contributed by atoms with Crippen LogP contribution in [-0.4, -0.2) is 32.8 Å². The Balaban J connectivity index is 1.82. The van der Waals surface area contributed by atoms with Crippen LogP contribution in [0.1, 0.15) is 48.9 Å². The number of hydrogen-bond acceptors (Lipinski definition) is 6. The molecule has 0 saturated carbocycles. The van der Waals surface area contributed by atoms with Crippen LogP contribution in [0.25, 0.3) is 6.08 Å². The fraction of sp³-hybridized carbons (Fsp3) is 0.385. The van der Waals surface area contributed by atoms with E-state index in [0.717, 1.165) is 42.9 Å². The minimum Gasteiger partial charge on any atom is -0.357 e. The van der Waals surface area contributed by atoms with Gasteiger partial charge in [0.2, 0.25) is 0 Å². The second-order valence-corrected chi connectivity index (χ2v) is 11.0. The van der Waals surface area contributed by atoms with Gasteiger partial charge in [0.1, 0.15) is 21.8 Å². The Kier molecular flexibility index (Phi) is 7.70. The highest BCUT2D eigenvalue weighted by Crippen LogP contribution is 2.37. The minimum atomic E-state index is -0.288. The summed E-state index contributed by atoms with van der Waals surface area (Å²) in [7, 11) is 0. The summed E-state index contributed by atoms with van der Waals surface area (Å²) < 4.78 is 2.12. The van der Waals surface area contributed by atoms with Crippen LogP contribution < -0.4 is 10.5 Å². The number of piperidine rings is 1. The van der Waals surface area contributed by atoms with Gasteiger partial charge in [-0.15, -0.1) is 0 Å². The molecule has 1 unspecified atom stereocenters. The van der Waals surface area contributed by atoms with Crippen LogP contribution in [0.2, 0.25) is 5.02 Å². The Labute approximate surface area is 220 Å². The molecule has 9 heteroatoms. The van der Waals surface area contributed by atoms with Crippen LogP contribution in [-0.2, 0) is 17.9 Å². The number of halogens is 1. The standard InChI is InChI=1S/C26H27ClN4O2S2/c1-4-30-23(29-11-7-8-16(2)14-29)19(17(3)20(13-28)24(30)32)12-22-25(33)31(26(34)35-22)15-18-9-5-6-10-21(18)27/h5-6,9-10,12,16H,4,7-8,11,14-15H2,1-3H3/b22-12+. The molecule has 2 saturated heterocycles. The van der Waals surface area contributed by atoms with Gasteiger partial charge in [-0.05, 0) is 55.9 Å². The molecule has 4 rings (SSSR count). The third-order valence-electron chi connectivity index (χ3n) is 6.55. The van der Waals surface area contributed by atoms with E-state index in [1.54, 1.807) is 22.5 Å². The number of hydrogen-bond donors (Lipinski definition) is 0. The number of aromatic nitrogens is 1. The number of carbonyl (C=O) groups is 1. The normalized spacial score (nSPS) is 19.5. The number of pyridine rings is 1. The number of rotatable bonds is 5. The maximum atomic E-state index is 13.4. The number of anilines is 1. The molecule has 2 aliphatic rings. The first-order chi connectivity index (χ1) is 16.8. The fourth-order valence-corrected chi connectivity index (χ4v) is 6.16. The summed E-state index contributed by atoms with van der Waals surface area (Å²) in [6.07, 6.45) is 3.97. The number of benzene rings is 1. The van der Waals surface area contributed by atoms with E-state index in [-0.39, 0.29) is 23.6 Å². The van der Waals surface area contributed by atoms with Crippen molar-refractivity contribution in [2.24, 2.45) is 5.92 Å². The highest BCUT2D eigenvalue weighted by molar-refractivity contribution is 8.26. The maximum absolute atomic E-state index is 13.4. The average Bonchev–Trinajstić information content (AvgIpc) is 3.09. The van der Waals surface area contributed by atoms with Crippen molar-refractivity contribution in [3.8, 4) is 6.07 Å². The number of nitriles is 1. The Morgan fingerprint density at radius 1 is 1.31 bits per heavy atom. The zero-order chi connectivity index (χ0) is 25.3. The monoisotopic (exact) mass is 526 g/mol. The molecule has 2 fully saturated rings. The van der Waals surface area contributed by atoms with E-state index in [4.69, 9.17) is 23.8 Å². The summed E-state index contributed by atoms with van der Waals surface area (Å²) >= 11 is 13.1. The van der Waals surface area contributed by atoms with Gasteiger partial charge in [-0.3, -0.25) is 19.1 Å². The van der Waals surface area contributed by atoms with Gasteiger partial charge in [-0.2, -0.15) is 5.26 Å². The summed E-state index contributed by atoms with van der Waals surface area (Å²) in [5.74, 6) is 1.06. The van der Waals surface area contributed by atoms with E-state index in [2.05, 4.69) is 17.9 Å². The van der Waals surface area contributed by atoms with Gasteiger partial charge in [0.15, 0.2) is 0 Å². The van der Waals surface area contributed by atoms with Crippen LogP contribution in [0.4, 0.5) is 5.82 Å². The van der Waals surface area contributed by atoms with Crippen molar-refractivity contribution in [2.75, 3.05) is 18.0 Å². The van der Waals surface area contributed by atoms with Gasteiger partial charge in [0, 0.05) is 30.2 Å². The third-order valence-corrected chi connectivity index (χ3v) is 8.30. The van der Waals surface area contributed by atoms with Crippen molar-refractivity contribution in [3.05, 3.63) is 66.8 Å². The van der Waals surface area contributed by atoms with Crippen molar-refractivity contribution >= 4 is 57.7 Å². The van der Waals surface area contributed by atoms with Gasteiger partial charge in [0.05, 0.1) is 11.4 Å². The minimum absolute atomic E-state index is 0.110. The lowest BCUT2D eigenvalue weighted by atomic mass is 9.98. The molecule has 0 spiro atoms. The van der Waals surface area contributed by atoms with E-state index in [1.165, 1.54) is 11.8 Å². The van der Waals surface area contributed by atoms with Crippen molar-refractivity contribution in [3.63, 3.8) is 0 Å². The largest absolute Gasteiger partial charge is 0.357 e. The number of amides is 1. The molecule has 35 heavy (non-hydrogen) atoms. The predicted molar refractivity (Wildman–Crippen MR) is 147 cm³/mol. The van der Waals surface area contributed by atoms with Crippen molar-refractivity contribution in [1.82, 2.24) is 9.47 Å². The molecule has 182 valence electrons. The Hall–Kier alpha value is -2.60. The molecular weight excluding hydrogens is 500 g/mol. The molecule has 6 nitrogen and oxygen atoms in total. The highest BCUT2D eigenvalue weighted by Gasteiger charge is 2.34. The molecule has 3 heterocycles. The van der Waals surface area contributed by atoms with Gasteiger partial charge in [-0.1, -0.05) is 60.7 Å². The quantitative estimate of drug-likeness (QED) is 0.387. The van der Waals surface area contributed by atoms with E-state index < -0.39 is 0 Å². The Bertz CT molecular complexity index is 1330. The van der Waals surface area contributed by atoms with E-state index >= 15 is 0 Å². The zero-order valence-corrected chi connectivity index (χ0v) is 22.4. The highest BCUT2D eigenvalue weighted by atomic mass is 35.5.